The molecule has 0 unspecified atom stereocenters. The Hall–Kier alpha value is -2.65. The van der Waals surface area contributed by atoms with Gasteiger partial charge in [0.1, 0.15) is 24.7 Å². The van der Waals surface area contributed by atoms with E-state index in [1.807, 2.05) is 0 Å². The lowest BCUT2D eigenvalue weighted by atomic mass is 10.2. The van der Waals surface area contributed by atoms with Crippen molar-refractivity contribution in [2.75, 3.05) is 19.6 Å². The molecule has 166 valence electrons. The van der Waals surface area contributed by atoms with Crippen LogP contribution in [0.5, 0.6) is 5.75 Å². The predicted octanol–water partition coefficient (Wildman–Crippen LogP) is 4.83. The van der Waals surface area contributed by atoms with Gasteiger partial charge in [-0.15, -0.1) is 0 Å². The summed E-state index contributed by atoms with van der Waals surface area (Å²) >= 11 is 4.29. The minimum atomic E-state index is -0.458. The molecule has 3 amide bonds. The lowest BCUT2D eigenvalue weighted by Gasteiger charge is -2.18. The van der Waals surface area contributed by atoms with Crippen molar-refractivity contribution >= 4 is 50.8 Å². The number of benzene rings is 2. The molecule has 2 aromatic rings. The Labute approximate surface area is 197 Å². The van der Waals surface area contributed by atoms with Gasteiger partial charge in [-0.05, 0) is 82.0 Å². The highest BCUT2D eigenvalue weighted by molar-refractivity contribution is 9.10. The molecule has 0 aromatic heterocycles. The number of carbonyl (C=O) groups is 3. The molecular formula is C23H20BrFN2O4S. The van der Waals surface area contributed by atoms with Crippen molar-refractivity contribution in [1.29, 1.82) is 0 Å². The van der Waals surface area contributed by atoms with Crippen molar-refractivity contribution in [2.45, 2.75) is 19.4 Å². The number of imide groups is 1. The van der Waals surface area contributed by atoms with Crippen LogP contribution in [0.1, 0.15) is 24.0 Å². The number of ether oxygens (including phenoxy) is 1. The Kier molecular flexibility index (Phi) is 6.95. The van der Waals surface area contributed by atoms with Crippen LogP contribution in [0.4, 0.5) is 9.18 Å². The molecule has 32 heavy (non-hydrogen) atoms. The van der Waals surface area contributed by atoms with Crippen LogP contribution in [0.15, 0.2) is 51.8 Å². The highest BCUT2D eigenvalue weighted by Gasteiger charge is 2.37. The van der Waals surface area contributed by atoms with Gasteiger partial charge in [-0.1, -0.05) is 18.2 Å². The van der Waals surface area contributed by atoms with E-state index >= 15 is 0 Å². The molecule has 4 rings (SSSR count). The van der Waals surface area contributed by atoms with E-state index in [1.165, 1.54) is 12.1 Å². The van der Waals surface area contributed by atoms with E-state index in [0.717, 1.165) is 35.1 Å². The zero-order chi connectivity index (χ0) is 22.7. The topological polar surface area (TPSA) is 66.9 Å². The quantitative estimate of drug-likeness (QED) is 0.512. The van der Waals surface area contributed by atoms with E-state index in [-0.39, 0.29) is 29.8 Å². The molecule has 0 radical (unpaired) electrons. The number of thioether (sulfide) groups is 1. The second-order valence-electron chi connectivity index (χ2n) is 7.46. The number of likely N-dealkylation sites (tertiary alicyclic amines) is 1. The maximum absolute atomic E-state index is 13.0. The van der Waals surface area contributed by atoms with Crippen LogP contribution in [-0.4, -0.2) is 46.5 Å². The molecule has 6 nitrogen and oxygen atoms in total. The molecule has 2 fully saturated rings. The molecule has 9 heteroatoms. The second-order valence-corrected chi connectivity index (χ2v) is 9.31. The van der Waals surface area contributed by atoms with E-state index in [2.05, 4.69) is 15.9 Å². The largest absolute Gasteiger partial charge is 0.488 e. The average molecular weight is 519 g/mol. The molecule has 0 atom stereocenters. The first kappa shape index (κ1) is 22.5. The summed E-state index contributed by atoms with van der Waals surface area (Å²) in [6.07, 6.45) is 3.53. The van der Waals surface area contributed by atoms with Crippen LogP contribution >= 0.6 is 27.7 Å². The third-order valence-corrected chi connectivity index (χ3v) is 6.71. The van der Waals surface area contributed by atoms with Crippen LogP contribution in [-0.2, 0) is 16.2 Å². The molecule has 0 bridgehead atoms. The van der Waals surface area contributed by atoms with Crippen LogP contribution in [0.25, 0.3) is 6.08 Å². The molecule has 0 aliphatic carbocycles. The Morgan fingerprint density at radius 2 is 1.84 bits per heavy atom. The van der Waals surface area contributed by atoms with Crippen molar-refractivity contribution in [3.05, 3.63) is 68.8 Å². The lowest BCUT2D eigenvalue weighted by molar-refractivity contribution is -0.135. The van der Waals surface area contributed by atoms with Gasteiger partial charge < -0.3 is 9.64 Å². The number of hydrogen-bond acceptors (Lipinski definition) is 5. The number of rotatable bonds is 6. The van der Waals surface area contributed by atoms with E-state index in [0.29, 0.717) is 28.9 Å². The molecule has 0 spiro atoms. The molecule has 2 aliphatic rings. The molecule has 0 saturated carbocycles. The normalized spacial score (nSPS) is 17.5. The minimum Gasteiger partial charge on any atom is -0.488 e. The Morgan fingerprint density at radius 3 is 2.53 bits per heavy atom. The summed E-state index contributed by atoms with van der Waals surface area (Å²) in [6.45, 7) is 1.41. The van der Waals surface area contributed by atoms with Gasteiger partial charge in [0.2, 0.25) is 5.91 Å². The van der Waals surface area contributed by atoms with Crippen molar-refractivity contribution in [1.82, 2.24) is 9.80 Å². The second kappa shape index (κ2) is 9.87. The molecule has 2 aliphatic heterocycles. The monoisotopic (exact) mass is 518 g/mol. The first-order chi connectivity index (χ1) is 15.4. The summed E-state index contributed by atoms with van der Waals surface area (Å²) in [5.74, 6) is -0.364. The van der Waals surface area contributed by atoms with Crippen LogP contribution in [0.2, 0.25) is 0 Å². The van der Waals surface area contributed by atoms with Crippen LogP contribution in [0, 0.1) is 5.82 Å². The van der Waals surface area contributed by atoms with Gasteiger partial charge in [0, 0.05) is 13.1 Å². The smallest absolute Gasteiger partial charge is 0.294 e. The third kappa shape index (κ3) is 5.21. The predicted molar refractivity (Wildman–Crippen MR) is 123 cm³/mol. The van der Waals surface area contributed by atoms with Gasteiger partial charge in [0.25, 0.3) is 11.1 Å². The number of halogens is 2. The minimum absolute atomic E-state index is 0.198. The first-order valence-electron chi connectivity index (χ1n) is 10.1. The van der Waals surface area contributed by atoms with Crippen molar-refractivity contribution in [2.24, 2.45) is 0 Å². The van der Waals surface area contributed by atoms with Crippen LogP contribution in [0.3, 0.4) is 0 Å². The average Bonchev–Trinajstić information content (AvgIpc) is 3.39. The zero-order valence-corrected chi connectivity index (χ0v) is 19.5. The summed E-state index contributed by atoms with van der Waals surface area (Å²) in [7, 11) is 0. The van der Waals surface area contributed by atoms with Crippen molar-refractivity contribution in [3.8, 4) is 5.75 Å². The summed E-state index contributed by atoms with van der Waals surface area (Å²) < 4.78 is 19.5. The zero-order valence-electron chi connectivity index (χ0n) is 17.1. The van der Waals surface area contributed by atoms with E-state index < -0.39 is 11.1 Å². The summed E-state index contributed by atoms with van der Waals surface area (Å²) in [4.78, 5) is 40.3. The summed E-state index contributed by atoms with van der Waals surface area (Å²) in [5, 5.41) is -0.438. The van der Waals surface area contributed by atoms with Gasteiger partial charge in [0.05, 0.1) is 9.38 Å². The SMILES string of the molecule is O=C(CN1C(=O)S/C(=C\c2ccc(OCc3ccc(F)cc3)c(Br)c2)C1=O)N1CCCC1. The number of hydrogen-bond donors (Lipinski definition) is 0. The standard InChI is InChI=1S/C23H20BrFN2O4S/c24-18-11-16(5-8-19(18)31-14-15-3-6-17(25)7-4-15)12-20-22(29)27(23(30)32-20)13-21(28)26-9-1-2-10-26/h3-8,11-12H,1-2,9-10,13-14H2/b20-12-. The van der Waals surface area contributed by atoms with E-state index in [4.69, 9.17) is 4.74 Å². The fraction of sp³-hybridized carbons (Fsp3) is 0.261. The summed E-state index contributed by atoms with van der Waals surface area (Å²) in [5.41, 5.74) is 1.54. The fourth-order valence-electron chi connectivity index (χ4n) is 3.46. The Morgan fingerprint density at radius 1 is 1.12 bits per heavy atom. The highest BCUT2D eigenvalue weighted by atomic mass is 79.9. The molecular weight excluding hydrogens is 499 g/mol. The Bertz CT molecular complexity index is 1080. The van der Waals surface area contributed by atoms with E-state index in [9.17, 15) is 18.8 Å². The van der Waals surface area contributed by atoms with E-state index in [1.54, 1.807) is 41.3 Å². The molecule has 2 heterocycles. The van der Waals surface area contributed by atoms with Crippen LogP contribution < -0.4 is 4.74 Å². The van der Waals surface area contributed by atoms with Gasteiger partial charge in [0.15, 0.2) is 0 Å². The highest BCUT2D eigenvalue weighted by Crippen LogP contribution is 2.34. The molecule has 2 aromatic carbocycles. The molecule has 2 saturated heterocycles. The van der Waals surface area contributed by atoms with Gasteiger partial charge >= 0.3 is 0 Å². The maximum atomic E-state index is 13.0. The van der Waals surface area contributed by atoms with Gasteiger partial charge in [-0.3, -0.25) is 19.3 Å². The van der Waals surface area contributed by atoms with Crippen molar-refractivity contribution < 1.29 is 23.5 Å². The summed E-state index contributed by atoms with van der Waals surface area (Å²) in [6, 6.07) is 11.4. The fourth-order valence-corrected chi connectivity index (χ4v) is 4.80. The molecule has 0 N–H and O–H groups in total. The third-order valence-electron chi connectivity index (χ3n) is 5.19. The van der Waals surface area contributed by atoms with Gasteiger partial charge in [-0.25, -0.2) is 4.39 Å². The lowest BCUT2D eigenvalue weighted by Crippen LogP contribution is -2.40. The van der Waals surface area contributed by atoms with Crippen molar-refractivity contribution in [3.63, 3.8) is 0 Å². The number of amides is 3. The number of nitrogens with zero attached hydrogens (tertiary/aromatic N) is 2. The first-order valence-corrected chi connectivity index (χ1v) is 11.7. The maximum Gasteiger partial charge on any atom is 0.294 e. The Balaban J connectivity index is 1.41. The number of carbonyl (C=O) groups excluding carboxylic acids is 3. The van der Waals surface area contributed by atoms with Gasteiger partial charge in [-0.2, -0.15) is 0 Å².